The van der Waals surface area contributed by atoms with Crippen LogP contribution in [0.5, 0.6) is 23.0 Å². The molecule has 0 saturated heterocycles. The second kappa shape index (κ2) is 15.7. The van der Waals surface area contributed by atoms with Gasteiger partial charge in [0.15, 0.2) is 0 Å². The molecule has 2 aliphatic heterocycles. The number of para-hydroxylation sites is 4. The Labute approximate surface area is 357 Å². The molecule has 5 nitrogen and oxygen atoms in total. The molecular formula is C50H42BIrN3O2+. The summed E-state index contributed by atoms with van der Waals surface area (Å²) in [6, 6.07) is 47.7. The van der Waals surface area contributed by atoms with Crippen molar-refractivity contribution in [3.63, 3.8) is 0 Å². The predicted octanol–water partition coefficient (Wildman–Crippen LogP) is 9.68. The van der Waals surface area contributed by atoms with Crippen LogP contribution < -0.4 is 35.4 Å². The largest absolute Gasteiger partial charge is 3.00 e. The number of aryl methyl sites for hydroxylation is 2. The van der Waals surface area contributed by atoms with Gasteiger partial charge in [-0.15, -0.1) is 64.6 Å². The van der Waals surface area contributed by atoms with E-state index in [1.54, 1.807) is 12.1 Å². The quantitative estimate of drug-likeness (QED) is 0.0981. The van der Waals surface area contributed by atoms with Crippen LogP contribution in [0.1, 0.15) is 70.0 Å². The minimum absolute atomic E-state index is 0. The van der Waals surface area contributed by atoms with Gasteiger partial charge >= 0.3 is 20.1 Å². The van der Waals surface area contributed by atoms with Crippen LogP contribution in [0.25, 0.3) is 39.4 Å². The number of hydrogen-bond donors (Lipinski definition) is 0. The summed E-state index contributed by atoms with van der Waals surface area (Å²) in [6.07, 6.45) is 1.30. The van der Waals surface area contributed by atoms with Gasteiger partial charge in [-0.1, -0.05) is 101 Å². The zero-order valence-electron chi connectivity index (χ0n) is 37.9. The van der Waals surface area contributed by atoms with Crippen LogP contribution in [0, 0.1) is 25.8 Å². The van der Waals surface area contributed by atoms with E-state index in [0.29, 0.717) is 23.1 Å². The maximum absolute atomic E-state index is 7.28. The maximum atomic E-state index is 7.28. The fraction of sp³-hybridized carbons (Fsp3) is 0.160. The van der Waals surface area contributed by atoms with Gasteiger partial charge in [-0.05, 0) is 76.9 Å². The van der Waals surface area contributed by atoms with Gasteiger partial charge in [0.05, 0.1) is 16.9 Å². The number of aromatic nitrogens is 3. The van der Waals surface area contributed by atoms with Gasteiger partial charge in [-0.3, -0.25) is 4.98 Å². The van der Waals surface area contributed by atoms with Crippen molar-refractivity contribution in [1.29, 1.82) is 0 Å². The van der Waals surface area contributed by atoms with E-state index in [2.05, 4.69) is 110 Å². The first-order chi connectivity index (χ1) is 29.7. The molecule has 280 valence electrons. The summed E-state index contributed by atoms with van der Waals surface area (Å²) in [5, 5.41) is 0. The van der Waals surface area contributed by atoms with Crippen molar-refractivity contribution in [1.82, 2.24) is 9.97 Å². The minimum Gasteiger partial charge on any atom is -0.503 e. The molecule has 8 aromatic rings. The number of hydrogen-bond acceptors (Lipinski definition) is 3. The number of ether oxygens (including phenoxy) is 2. The summed E-state index contributed by atoms with van der Waals surface area (Å²) in [5.74, 6) is 4.96. The Hall–Kier alpha value is -5.75. The number of imidazole rings is 1. The monoisotopic (exact) mass is 926 g/mol. The van der Waals surface area contributed by atoms with Crippen LogP contribution >= 0.6 is 0 Å². The van der Waals surface area contributed by atoms with Crippen molar-refractivity contribution >= 4 is 34.1 Å². The van der Waals surface area contributed by atoms with Gasteiger partial charge in [0.2, 0.25) is 6.71 Å². The van der Waals surface area contributed by atoms with Crippen LogP contribution in [0.4, 0.5) is 0 Å². The molecule has 0 atom stereocenters. The van der Waals surface area contributed by atoms with E-state index < -0.39 is 13.7 Å². The molecule has 4 heterocycles. The van der Waals surface area contributed by atoms with Gasteiger partial charge in [0, 0.05) is 31.3 Å². The average Bonchev–Trinajstić information content (AvgIpc) is 3.65. The third kappa shape index (κ3) is 7.00. The Bertz CT molecular complexity index is 2870. The number of fused-ring (bicyclic) bond motifs is 5. The molecule has 0 unspecified atom stereocenters. The first-order valence-electron chi connectivity index (χ1n) is 21.9. The molecule has 0 saturated carbocycles. The number of benzene rings is 6. The summed E-state index contributed by atoms with van der Waals surface area (Å²) in [5.41, 5.74) is 11.7. The molecular weight excluding hydrogens is 878 g/mol. The van der Waals surface area contributed by atoms with Gasteiger partial charge in [-0.2, -0.15) is 0 Å². The van der Waals surface area contributed by atoms with Crippen LogP contribution in [0.15, 0.2) is 134 Å². The summed E-state index contributed by atoms with van der Waals surface area (Å²) >= 11 is 0. The summed E-state index contributed by atoms with van der Waals surface area (Å²) < 4.78 is 58.8. The van der Waals surface area contributed by atoms with E-state index in [-0.39, 0.29) is 37.9 Å². The van der Waals surface area contributed by atoms with Crippen molar-refractivity contribution in [2.24, 2.45) is 0 Å². The van der Waals surface area contributed by atoms with Crippen LogP contribution in [0.2, 0.25) is 0 Å². The molecule has 0 bridgehead atoms. The molecule has 0 N–H and O–H groups in total. The molecule has 0 radical (unpaired) electrons. The van der Waals surface area contributed by atoms with Gasteiger partial charge in [0.1, 0.15) is 17.2 Å². The fourth-order valence-corrected chi connectivity index (χ4v) is 7.79. The third-order valence-electron chi connectivity index (χ3n) is 10.5. The van der Waals surface area contributed by atoms with Crippen LogP contribution in [0.3, 0.4) is 0 Å². The predicted molar refractivity (Wildman–Crippen MR) is 227 cm³/mol. The van der Waals surface area contributed by atoms with Crippen molar-refractivity contribution in [3.8, 4) is 51.3 Å². The minimum atomic E-state index is -2.18. The third-order valence-corrected chi connectivity index (χ3v) is 10.5. The topological polar surface area (TPSA) is 49.3 Å². The molecule has 0 fully saturated rings. The number of pyridine rings is 1. The number of nitrogens with zero attached hydrogens (tertiary/aromatic N) is 3. The maximum Gasteiger partial charge on any atom is 3.00 e. The SMILES string of the molecule is CC(C)c1cccc(C(C)C)c1-[n+]1c(-c2[c-]cc3c(c2)B2c4ccccc4Oc4cccc(c42)O3)[n-]c2ccccc21.[2H]C([2H])([2H])c1c[c-]c(-c2ccc(C([2H])([2H])[2H])cn2)cc1.[Ir+3]. The van der Waals surface area contributed by atoms with Crippen molar-refractivity contribution in [2.75, 3.05) is 0 Å². The molecule has 2 aliphatic rings. The van der Waals surface area contributed by atoms with Gasteiger partial charge < -0.3 is 19.0 Å². The molecule has 57 heavy (non-hydrogen) atoms. The van der Waals surface area contributed by atoms with E-state index in [4.69, 9.17) is 22.7 Å². The summed E-state index contributed by atoms with van der Waals surface area (Å²) in [4.78, 5) is 9.32. The zero-order chi connectivity index (χ0) is 43.5. The van der Waals surface area contributed by atoms with E-state index in [1.807, 2.05) is 36.4 Å². The standard InChI is InChI=1S/C37H30BN2O2.C13H12N.Ir/c1-22(2)25-11-9-12-26(23(3)4)36(25)40-30-15-7-6-14-29(30)39-37(40)24-19-20-32-28(21-24)38-27-13-5-8-16-31(27)41-33-17-10-18-34(42-32)35(33)38;1-10-3-6-12(7-4-10)13-8-5-11(2)9-14-13;/h5-18,20-23H,1-4H3;3-6,8-9H,1-2H3;/q2*-1;+3/i;1D3,2D3;. The summed E-state index contributed by atoms with van der Waals surface area (Å²) in [6.45, 7) is 4.71. The molecule has 10 rings (SSSR count). The second-order valence-corrected chi connectivity index (χ2v) is 14.8. The fourth-order valence-electron chi connectivity index (χ4n) is 7.79. The van der Waals surface area contributed by atoms with Crippen molar-refractivity contribution < 1.29 is 42.4 Å². The van der Waals surface area contributed by atoms with E-state index >= 15 is 0 Å². The first kappa shape index (κ1) is 31.4. The van der Waals surface area contributed by atoms with E-state index in [0.717, 1.165) is 61.8 Å². The Morgan fingerprint density at radius 3 is 2.04 bits per heavy atom. The number of rotatable bonds is 5. The van der Waals surface area contributed by atoms with Gasteiger partial charge in [0.25, 0.3) is 0 Å². The Morgan fingerprint density at radius 2 is 1.33 bits per heavy atom. The van der Waals surface area contributed by atoms with Crippen LogP contribution in [-0.4, -0.2) is 11.7 Å². The molecule has 2 aromatic heterocycles. The zero-order valence-corrected chi connectivity index (χ0v) is 34.3. The van der Waals surface area contributed by atoms with Crippen LogP contribution in [-0.2, 0) is 20.1 Å². The van der Waals surface area contributed by atoms with Crippen molar-refractivity contribution in [2.45, 2.75) is 53.2 Å². The normalized spacial score (nSPS) is 14.1. The molecule has 0 aliphatic carbocycles. The Kier molecular flexibility index (Phi) is 8.61. The van der Waals surface area contributed by atoms with E-state index in [9.17, 15) is 0 Å². The van der Waals surface area contributed by atoms with Gasteiger partial charge in [-0.25, -0.2) is 0 Å². The smallest absolute Gasteiger partial charge is 0.503 e. The Balaban J connectivity index is 0.000000219. The molecule has 6 aromatic carbocycles. The Morgan fingerprint density at radius 1 is 0.667 bits per heavy atom. The van der Waals surface area contributed by atoms with Crippen molar-refractivity contribution in [3.05, 3.63) is 168 Å². The molecule has 0 spiro atoms. The second-order valence-electron chi connectivity index (χ2n) is 14.8. The molecule has 0 amide bonds. The molecule has 7 heteroatoms. The summed E-state index contributed by atoms with van der Waals surface area (Å²) in [7, 11) is 0. The van der Waals surface area contributed by atoms with E-state index in [1.165, 1.54) is 41.2 Å². The first-order valence-corrected chi connectivity index (χ1v) is 18.9. The average molecular weight is 926 g/mol.